The lowest BCUT2D eigenvalue weighted by molar-refractivity contribution is 0.696. The standard InChI is InChI=1S/C14H25N/c1-6-11(3)8-9-14(13(5)15)10-12(4)7-2/h8-11,13H,4,6-7,15H2,1-3,5H3/b9-8-,14-10+. The largest absolute Gasteiger partial charge is 0.324 e. The minimum atomic E-state index is 0.0774. The Bertz CT molecular complexity index is 246. The number of hydrogen-bond acceptors (Lipinski definition) is 1. The van der Waals surface area contributed by atoms with E-state index in [0.717, 1.165) is 18.4 Å². The van der Waals surface area contributed by atoms with Crippen LogP contribution in [-0.2, 0) is 0 Å². The van der Waals surface area contributed by atoms with Gasteiger partial charge in [-0.25, -0.2) is 0 Å². The van der Waals surface area contributed by atoms with Crippen LogP contribution in [-0.4, -0.2) is 6.04 Å². The topological polar surface area (TPSA) is 26.0 Å². The Balaban J connectivity index is 4.61. The lowest BCUT2D eigenvalue weighted by Gasteiger charge is -2.09. The molecule has 0 aromatic carbocycles. The predicted octanol–water partition coefficient (Wildman–Crippen LogP) is 3.83. The van der Waals surface area contributed by atoms with Gasteiger partial charge in [0.25, 0.3) is 0 Å². The number of nitrogens with two attached hydrogens (primary N) is 1. The van der Waals surface area contributed by atoms with Crippen molar-refractivity contribution in [1.29, 1.82) is 0 Å². The van der Waals surface area contributed by atoms with E-state index >= 15 is 0 Å². The van der Waals surface area contributed by atoms with Gasteiger partial charge < -0.3 is 5.73 Å². The predicted molar refractivity (Wildman–Crippen MR) is 69.8 cm³/mol. The van der Waals surface area contributed by atoms with Crippen LogP contribution in [0.15, 0.2) is 36.0 Å². The molecular weight excluding hydrogens is 182 g/mol. The molecule has 1 heteroatoms. The van der Waals surface area contributed by atoms with Crippen molar-refractivity contribution in [3.05, 3.63) is 36.0 Å². The maximum atomic E-state index is 5.91. The molecular formula is C14H25N. The van der Waals surface area contributed by atoms with Gasteiger partial charge in [0.15, 0.2) is 0 Å². The fourth-order valence-electron chi connectivity index (χ4n) is 1.08. The Morgan fingerprint density at radius 2 is 1.93 bits per heavy atom. The molecule has 0 aliphatic heterocycles. The van der Waals surface area contributed by atoms with E-state index < -0.39 is 0 Å². The number of allylic oxidation sites excluding steroid dienone is 3. The van der Waals surface area contributed by atoms with Crippen molar-refractivity contribution in [2.45, 2.75) is 46.6 Å². The Morgan fingerprint density at radius 1 is 1.33 bits per heavy atom. The van der Waals surface area contributed by atoms with Crippen molar-refractivity contribution < 1.29 is 0 Å². The SMILES string of the molecule is C=C(/C=C(\C=C/C(C)CC)C(C)N)CC. The highest BCUT2D eigenvalue weighted by atomic mass is 14.6. The second-order valence-corrected chi connectivity index (χ2v) is 4.19. The van der Waals surface area contributed by atoms with E-state index in [1.54, 1.807) is 0 Å². The molecule has 0 saturated heterocycles. The van der Waals surface area contributed by atoms with Gasteiger partial charge in [-0.15, -0.1) is 0 Å². The monoisotopic (exact) mass is 207 g/mol. The quantitative estimate of drug-likeness (QED) is 0.658. The highest BCUT2D eigenvalue weighted by Gasteiger charge is 2.00. The zero-order valence-electron chi connectivity index (χ0n) is 10.6. The summed E-state index contributed by atoms with van der Waals surface area (Å²) in [7, 11) is 0. The molecule has 0 spiro atoms. The van der Waals surface area contributed by atoms with Gasteiger partial charge in [0, 0.05) is 6.04 Å². The molecule has 0 saturated carbocycles. The third-order valence-corrected chi connectivity index (χ3v) is 2.61. The average Bonchev–Trinajstić information content (AvgIpc) is 2.22. The first kappa shape index (κ1) is 14.2. The Hall–Kier alpha value is -0.820. The van der Waals surface area contributed by atoms with Crippen molar-refractivity contribution in [2.24, 2.45) is 11.7 Å². The first-order chi connectivity index (χ1) is 7.01. The first-order valence-corrected chi connectivity index (χ1v) is 5.84. The molecule has 2 unspecified atom stereocenters. The lowest BCUT2D eigenvalue weighted by atomic mass is 10.0. The zero-order chi connectivity index (χ0) is 11.8. The van der Waals surface area contributed by atoms with Crippen LogP contribution in [0.1, 0.15) is 40.5 Å². The molecule has 0 aromatic heterocycles. The summed E-state index contributed by atoms with van der Waals surface area (Å²) >= 11 is 0. The van der Waals surface area contributed by atoms with Gasteiger partial charge in [0.2, 0.25) is 0 Å². The Morgan fingerprint density at radius 3 is 2.33 bits per heavy atom. The van der Waals surface area contributed by atoms with Crippen LogP contribution >= 0.6 is 0 Å². The molecule has 0 amide bonds. The second kappa shape index (κ2) is 7.47. The van der Waals surface area contributed by atoms with E-state index in [1.807, 2.05) is 6.92 Å². The van der Waals surface area contributed by atoms with E-state index in [9.17, 15) is 0 Å². The fraction of sp³-hybridized carbons (Fsp3) is 0.571. The van der Waals surface area contributed by atoms with Crippen LogP contribution < -0.4 is 5.73 Å². The lowest BCUT2D eigenvalue weighted by Crippen LogP contribution is -2.17. The fourth-order valence-corrected chi connectivity index (χ4v) is 1.08. The Kier molecular flexibility index (Phi) is 7.06. The summed E-state index contributed by atoms with van der Waals surface area (Å²) in [5.41, 5.74) is 8.21. The normalized spacial score (nSPS) is 16.7. The van der Waals surface area contributed by atoms with Crippen molar-refractivity contribution in [3.63, 3.8) is 0 Å². The molecule has 0 radical (unpaired) electrons. The molecule has 0 heterocycles. The molecule has 0 aliphatic carbocycles. The molecule has 0 fully saturated rings. The average molecular weight is 207 g/mol. The van der Waals surface area contributed by atoms with Crippen molar-refractivity contribution in [2.75, 3.05) is 0 Å². The highest BCUT2D eigenvalue weighted by molar-refractivity contribution is 5.31. The van der Waals surface area contributed by atoms with Crippen LogP contribution in [0.4, 0.5) is 0 Å². The molecule has 0 aromatic rings. The van der Waals surface area contributed by atoms with E-state index in [-0.39, 0.29) is 6.04 Å². The van der Waals surface area contributed by atoms with Crippen molar-refractivity contribution >= 4 is 0 Å². The number of rotatable bonds is 6. The maximum absolute atomic E-state index is 5.91. The Labute approximate surface area is 94.8 Å². The van der Waals surface area contributed by atoms with Gasteiger partial charge in [-0.2, -0.15) is 0 Å². The highest BCUT2D eigenvalue weighted by Crippen LogP contribution is 2.11. The third-order valence-electron chi connectivity index (χ3n) is 2.61. The minimum absolute atomic E-state index is 0.0774. The van der Waals surface area contributed by atoms with Gasteiger partial charge in [-0.05, 0) is 24.8 Å². The van der Waals surface area contributed by atoms with Gasteiger partial charge in [-0.3, -0.25) is 0 Å². The van der Waals surface area contributed by atoms with E-state index in [4.69, 9.17) is 5.73 Å². The van der Waals surface area contributed by atoms with Gasteiger partial charge >= 0.3 is 0 Å². The molecule has 2 atom stereocenters. The second-order valence-electron chi connectivity index (χ2n) is 4.19. The summed E-state index contributed by atoms with van der Waals surface area (Å²) < 4.78 is 0. The van der Waals surface area contributed by atoms with Crippen LogP contribution in [0, 0.1) is 5.92 Å². The first-order valence-electron chi connectivity index (χ1n) is 5.84. The number of hydrogen-bond donors (Lipinski definition) is 1. The molecule has 0 rings (SSSR count). The van der Waals surface area contributed by atoms with Crippen molar-refractivity contribution in [3.8, 4) is 0 Å². The molecule has 0 bridgehead atoms. The zero-order valence-corrected chi connectivity index (χ0v) is 10.6. The summed E-state index contributed by atoms with van der Waals surface area (Å²) in [5.74, 6) is 0.613. The van der Waals surface area contributed by atoms with Crippen LogP contribution in [0.2, 0.25) is 0 Å². The van der Waals surface area contributed by atoms with Crippen LogP contribution in [0.3, 0.4) is 0 Å². The molecule has 15 heavy (non-hydrogen) atoms. The molecule has 86 valence electrons. The molecule has 1 nitrogen and oxygen atoms in total. The van der Waals surface area contributed by atoms with Crippen LogP contribution in [0.5, 0.6) is 0 Å². The summed E-state index contributed by atoms with van der Waals surface area (Å²) in [4.78, 5) is 0. The minimum Gasteiger partial charge on any atom is -0.324 e. The third kappa shape index (κ3) is 6.29. The van der Waals surface area contributed by atoms with E-state index in [2.05, 4.69) is 45.6 Å². The maximum Gasteiger partial charge on any atom is 0.0266 e. The summed E-state index contributed by atoms with van der Waals surface area (Å²) in [6.45, 7) is 12.5. The van der Waals surface area contributed by atoms with Gasteiger partial charge in [0.1, 0.15) is 0 Å². The van der Waals surface area contributed by atoms with Gasteiger partial charge in [0.05, 0.1) is 0 Å². The summed E-state index contributed by atoms with van der Waals surface area (Å²) in [6.07, 6.45) is 8.60. The molecule has 0 aliphatic rings. The van der Waals surface area contributed by atoms with E-state index in [1.165, 1.54) is 5.57 Å². The van der Waals surface area contributed by atoms with Gasteiger partial charge in [-0.1, -0.05) is 57.6 Å². The summed E-state index contributed by atoms with van der Waals surface area (Å²) in [5, 5.41) is 0. The summed E-state index contributed by atoms with van der Waals surface area (Å²) in [6, 6.07) is 0.0774. The smallest absolute Gasteiger partial charge is 0.0266 e. The van der Waals surface area contributed by atoms with E-state index in [0.29, 0.717) is 5.92 Å². The molecule has 2 N–H and O–H groups in total. The van der Waals surface area contributed by atoms with Crippen LogP contribution in [0.25, 0.3) is 0 Å². The van der Waals surface area contributed by atoms with Crippen molar-refractivity contribution in [1.82, 2.24) is 0 Å².